The fraction of sp³-hybridized carbons (Fsp3) is 1.00. The highest BCUT2D eigenvalue weighted by atomic mass is 28.1. The molecule has 0 aliphatic rings. The van der Waals surface area contributed by atoms with Gasteiger partial charge in [0.25, 0.3) is 0 Å². The van der Waals surface area contributed by atoms with Crippen LogP contribution in [0.1, 0.15) is 6.92 Å². The summed E-state index contributed by atoms with van der Waals surface area (Å²) in [5.41, 5.74) is 0.0926. The van der Waals surface area contributed by atoms with E-state index in [4.69, 9.17) is 0 Å². The van der Waals surface area contributed by atoms with Gasteiger partial charge in [0, 0.05) is 10.2 Å². The van der Waals surface area contributed by atoms with Crippen LogP contribution >= 0.6 is 0 Å². The molecule has 2 nitrogen and oxygen atoms in total. The highest BCUT2D eigenvalue weighted by molar-refractivity contribution is 6.11. The minimum atomic E-state index is 0.0926. The maximum atomic E-state index is 9.29. The van der Waals surface area contributed by atoms with Crippen molar-refractivity contribution in [3.63, 3.8) is 0 Å². The van der Waals surface area contributed by atoms with Gasteiger partial charge in [-0.1, -0.05) is 5.18 Å². The molecular formula is C2H7NOSi. The Morgan fingerprint density at radius 3 is 2.20 bits per heavy atom. The molecule has 0 radical (unpaired) electrons. The molecule has 0 bridgehead atoms. The van der Waals surface area contributed by atoms with E-state index in [1.165, 1.54) is 0 Å². The Bertz CT molecular complexity index is 36.6. The van der Waals surface area contributed by atoms with E-state index in [0.717, 1.165) is 10.2 Å². The summed E-state index contributed by atoms with van der Waals surface area (Å²) in [5.74, 6) is 0. The van der Waals surface area contributed by atoms with Gasteiger partial charge in [-0.15, -0.1) is 0 Å². The van der Waals surface area contributed by atoms with Crippen LogP contribution in [0.2, 0.25) is 0 Å². The molecule has 0 spiro atoms. The quantitative estimate of drug-likeness (QED) is 0.313. The van der Waals surface area contributed by atoms with Crippen LogP contribution < -0.4 is 0 Å². The van der Waals surface area contributed by atoms with Crippen LogP contribution in [0.5, 0.6) is 0 Å². The zero-order chi connectivity index (χ0) is 4.28. The van der Waals surface area contributed by atoms with E-state index in [1.807, 2.05) is 0 Å². The van der Waals surface area contributed by atoms with Crippen molar-refractivity contribution in [2.45, 2.75) is 12.6 Å². The van der Waals surface area contributed by atoms with Crippen LogP contribution in [0.4, 0.5) is 0 Å². The highest BCUT2D eigenvalue weighted by Crippen LogP contribution is 1.72. The van der Waals surface area contributed by atoms with Crippen LogP contribution in [0.15, 0.2) is 5.18 Å². The second kappa shape index (κ2) is 2.08. The van der Waals surface area contributed by atoms with Crippen molar-refractivity contribution in [2.75, 3.05) is 0 Å². The molecule has 0 N–H and O–H groups in total. The molecule has 0 heterocycles. The first-order valence-electron chi connectivity index (χ1n) is 1.60. The van der Waals surface area contributed by atoms with E-state index in [1.54, 1.807) is 6.92 Å². The summed E-state index contributed by atoms with van der Waals surface area (Å²) in [7, 11) is 0.890. The van der Waals surface area contributed by atoms with Gasteiger partial charge in [0.15, 0.2) is 0 Å². The third kappa shape index (κ3) is 3.82. The van der Waals surface area contributed by atoms with Gasteiger partial charge in [-0.2, -0.15) is 4.91 Å². The minimum absolute atomic E-state index is 0.0926. The van der Waals surface area contributed by atoms with E-state index >= 15 is 0 Å². The third-order valence-electron chi connectivity index (χ3n) is 0.211. The van der Waals surface area contributed by atoms with Gasteiger partial charge in [-0.25, -0.2) is 0 Å². The predicted molar refractivity (Wildman–Crippen MR) is 25.2 cm³/mol. The lowest BCUT2D eigenvalue weighted by Gasteiger charge is -1.77. The minimum Gasteiger partial charge on any atom is -0.151 e. The number of nitrogens with zero attached hydrogens (tertiary/aromatic N) is 1. The predicted octanol–water partition coefficient (Wildman–Crippen LogP) is -0.536. The molecule has 0 aliphatic carbocycles. The van der Waals surface area contributed by atoms with Crippen LogP contribution in [0.3, 0.4) is 0 Å². The molecule has 0 amide bonds. The molecule has 0 saturated carbocycles. The molecule has 0 saturated heterocycles. The Hall–Kier alpha value is -0.183. The molecule has 0 fully saturated rings. The fourth-order valence-corrected chi connectivity index (χ4v) is 0. The van der Waals surface area contributed by atoms with E-state index in [9.17, 15) is 4.91 Å². The van der Waals surface area contributed by atoms with Crippen LogP contribution in [-0.2, 0) is 0 Å². The van der Waals surface area contributed by atoms with Crippen molar-refractivity contribution in [3.05, 3.63) is 4.91 Å². The lowest BCUT2D eigenvalue weighted by atomic mass is 10.8. The van der Waals surface area contributed by atoms with Crippen molar-refractivity contribution in [1.29, 1.82) is 0 Å². The van der Waals surface area contributed by atoms with Crippen molar-refractivity contribution in [3.8, 4) is 0 Å². The van der Waals surface area contributed by atoms with Gasteiger partial charge in [-0.3, -0.25) is 0 Å². The van der Waals surface area contributed by atoms with Crippen molar-refractivity contribution in [2.24, 2.45) is 5.18 Å². The van der Waals surface area contributed by atoms with E-state index < -0.39 is 0 Å². The molecule has 0 aromatic carbocycles. The Balaban J connectivity index is 2.83. The van der Waals surface area contributed by atoms with Crippen molar-refractivity contribution in [1.82, 2.24) is 0 Å². The second-order valence-electron chi connectivity index (χ2n) is 1.20. The first kappa shape index (κ1) is 4.82. The van der Waals surface area contributed by atoms with E-state index in [2.05, 4.69) is 5.18 Å². The summed E-state index contributed by atoms with van der Waals surface area (Å²) in [6.45, 7) is 1.80. The maximum Gasteiger partial charge on any atom is 0.0702 e. The lowest BCUT2D eigenvalue weighted by molar-refractivity contribution is 1.02. The molecule has 1 atom stereocenters. The molecule has 0 aromatic heterocycles. The average Bonchev–Trinajstić information content (AvgIpc) is 1.38. The van der Waals surface area contributed by atoms with E-state index in [-0.39, 0.29) is 5.67 Å². The summed E-state index contributed by atoms with van der Waals surface area (Å²) in [5, 5.41) is 2.70. The number of nitroso groups, excluding NO2 is 1. The largest absolute Gasteiger partial charge is 0.151 e. The van der Waals surface area contributed by atoms with Crippen LogP contribution in [0, 0.1) is 4.91 Å². The summed E-state index contributed by atoms with van der Waals surface area (Å²) in [6.07, 6.45) is 0. The fourth-order valence-electron chi connectivity index (χ4n) is 0. The zero-order valence-corrected chi connectivity index (χ0v) is 5.43. The van der Waals surface area contributed by atoms with Gasteiger partial charge < -0.3 is 0 Å². The SMILES string of the molecule is CC([SiH3])N=O. The highest BCUT2D eigenvalue weighted by Gasteiger charge is 1.80. The van der Waals surface area contributed by atoms with Gasteiger partial charge in [0.05, 0.1) is 5.67 Å². The zero-order valence-electron chi connectivity index (χ0n) is 3.43. The van der Waals surface area contributed by atoms with Gasteiger partial charge >= 0.3 is 0 Å². The first-order valence-corrected chi connectivity index (χ1v) is 2.75. The summed E-state index contributed by atoms with van der Waals surface area (Å²) in [4.78, 5) is 9.29. The molecule has 1 unspecified atom stereocenters. The summed E-state index contributed by atoms with van der Waals surface area (Å²) in [6, 6.07) is 0. The van der Waals surface area contributed by atoms with Crippen LogP contribution in [-0.4, -0.2) is 15.9 Å². The van der Waals surface area contributed by atoms with Gasteiger partial charge in [0.1, 0.15) is 0 Å². The first-order chi connectivity index (χ1) is 2.27. The number of hydrogen-bond acceptors (Lipinski definition) is 2. The average molecular weight is 89.2 g/mol. The van der Waals surface area contributed by atoms with Gasteiger partial charge in [-0.05, 0) is 6.92 Å². The maximum absolute atomic E-state index is 9.29. The Kier molecular flexibility index (Phi) is 2.00. The van der Waals surface area contributed by atoms with Crippen molar-refractivity contribution >= 4 is 10.2 Å². The Morgan fingerprint density at radius 1 is 2.00 bits per heavy atom. The molecule has 0 rings (SSSR count). The topological polar surface area (TPSA) is 29.4 Å². The Morgan fingerprint density at radius 2 is 2.20 bits per heavy atom. The second-order valence-corrected chi connectivity index (χ2v) is 2.87. The van der Waals surface area contributed by atoms with E-state index in [0.29, 0.717) is 0 Å². The molecule has 30 valence electrons. The number of hydrogen-bond donors (Lipinski definition) is 0. The number of rotatable bonds is 1. The summed E-state index contributed by atoms with van der Waals surface area (Å²) < 4.78 is 0. The van der Waals surface area contributed by atoms with Gasteiger partial charge in [0.2, 0.25) is 0 Å². The summed E-state index contributed by atoms with van der Waals surface area (Å²) >= 11 is 0. The third-order valence-corrected chi connectivity index (χ3v) is 0.422. The molecule has 0 aliphatic heterocycles. The molecule has 0 aromatic rings. The monoisotopic (exact) mass is 89.0 g/mol. The lowest BCUT2D eigenvalue weighted by Crippen LogP contribution is -1.90. The molecular weight excluding hydrogens is 82.1 g/mol. The standard InChI is InChI=1S/C2H7NOSi/c1-2(5)3-4/h2H,1,5H3. The normalized spacial score (nSPS) is 14.6. The Labute approximate surface area is 34.0 Å². The van der Waals surface area contributed by atoms with Crippen LogP contribution in [0.25, 0.3) is 0 Å². The molecule has 3 heteroatoms. The van der Waals surface area contributed by atoms with Crippen molar-refractivity contribution < 1.29 is 0 Å². The smallest absolute Gasteiger partial charge is 0.0702 e. The molecule has 5 heavy (non-hydrogen) atoms.